The van der Waals surface area contributed by atoms with Crippen LogP contribution in [0.2, 0.25) is 0 Å². The van der Waals surface area contributed by atoms with Gasteiger partial charge in [-0.15, -0.1) is 0 Å². The van der Waals surface area contributed by atoms with Crippen molar-refractivity contribution < 1.29 is 8.42 Å². The molecule has 1 rings (SSSR count). The molecule has 102 valence electrons. The molecule has 2 N–H and O–H groups in total. The molecule has 1 aliphatic heterocycles. The lowest BCUT2D eigenvalue weighted by Gasteiger charge is -2.29. The highest BCUT2D eigenvalue weighted by Gasteiger charge is 2.26. The quantitative estimate of drug-likeness (QED) is 0.660. The van der Waals surface area contributed by atoms with Gasteiger partial charge in [0.05, 0.1) is 0 Å². The first-order valence-corrected chi connectivity index (χ1v) is 7.95. The van der Waals surface area contributed by atoms with Crippen LogP contribution in [0.3, 0.4) is 0 Å². The van der Waals surface area contributed by atoms with Crippen molar-refractivity contribution in [2.75, 3.05) is 32.7 Å². The molecule has 0 spiro atoms. The molecule has 6 heteroatoms. The van der Waals surface area contributed by atoms with Crippen LogP contribution in [0.5, 0.6) is 0 Å². The van der Waals surface area contributed by atoms with E-state index in [1.807, 2.05) is 6.92 Å². The zero-order valence-corrected chi connectivity index (χ0v) is 11.7. The summed E-state index contributed by atoms with van der Waals surface area (Å²) >= 11 is 0. The number of nitrogens with zero attached hydrogens (tertiary/aromatic N) is 1. The lowest BCUT2D eigenvalue weighted by atomic mass is 10.0. The average molecular weight is 263 g/mol. The molecule has 1 saturated heterocycles. The lowest BCUT2D eigenvalue weighted by Crippen LogP contribution is -2.46. The van der Waals surface area contributed by atoms with Gasteiger partial charge in [0.25, 0.3) is 10.2 Å². The minimum absolute atomic E-state index is 0.474. The van der Waals surface area contributed by atoms with Crippen molar-refractivity contribution in [2.45, 2.75) is 33.1 Å². The Bertz CT molecular complexity index is 306. The minimum Gasteiger partial charge on any atom is -0.317 e. The van der Waals surface area contributed by atoms with Crippen molar-refractivity contribution in [3.05, 3.63) is 0 Å². The van der Waals surface area contributed by atoms with Crippen LogP contribution < -0.4 is 10.0 Å². The molecule has 1 atom stereocenters. The molecule has 0 aromatic heterocycles. The van der Waals surface area contributed by atoms with E-state index < -0.39 is 10.2 Å². The van der Waals surface area contributed by atoms with Gasteiger partial charge in [-0.3, -0.25) is 0 Å². The Balaban J connectivity index is 2.29. The van der Waals surface area contributed by atoms with Gasteiger partial charge in [0.1, 0.15) is 0 Å². The third-order valence-corrected chi connectivity index (χ3v) is 4.60. The first-order chi connectivity index (χ1) is 8.06. The van der Waals surface area contributed by atoms with Crippen LogP contribution in [-0.4, -0.2) is 45.4 Å². The zero-order chi connectivity index (χ0) is 12.7. The van der Waals surface area contributed by atoms with Crippen molar-refractivity contribution in [1.29, 1.82) is 0 Å². The van der Waals surface area contributed by atoms with Gasteiger partial charge in [0.2, 0.25) is 0 Å². The molecule has 1 fully saturated rings. The van der Waals surface area contributed by atoms with Gasteiger partial charge < -0.3 is 5.32 Å². The summed E-state index contributed by atoms with van der Waals surface area (Å²) in [6.07, 6.45) is 2.93. The molecule has 0 bridgehead atoms. The second kappa shape index (κ2) is 7.31. The number of piperidine rings is 1. The van der Waals surface area contributed by atoms with E-state index in [4.69, 9.17) is 0 Å². The predicted octanol–water partition coefficient (Wildman–Crippen LogP) is 0.552. The SMILES string of the molecule is CCNCCCNS(=O)(=O)N1CCCC(C)C1. The molecule has 0 radical (unpaired) electrons. The third kappa shape index (κ3) is 5.33. The molecule has 0 aromatic rings. The first kappa shape index (κ1) is 14.9. The standard InChI is InChI=1S/C11H25N3O2S/c1-3-12-7-5-8-13-17(15,16)14-9-4-6-11(2)10-14/h11-13H,3-10H2,1-2H3. The monoisotopic (exact) mass is 263 g/mol. The molecule has 17 heavy (non-hydrogen) atoms. The van der Waals surface area contributed by atoms with Crippen LogP contribution in [0, 0.1) is 5.92 Å². The highest BCUT2D eigenvalue weighted by Crippen LogP contribution is 2.17. The Morgan fingerprint density at radius 1 is 1.35 bits per heavy atom. The molecule has 0 amide bonds. The van der Waals surface area contributed by atoms with E-state index in [9.17, 15) is 8.42 Å². The smallest absolute Gasteiger partial charge is 0.279 e. The average Bonchev–Trinajstić information content (AvgIpc) is 2.29. The topological polar surface area (TPSA) is 61.4 Å². The maximum Gasteiger partial charge on any atom is 0.279 e. The van der Waals surface area contributed by atoms with E-state index in [1.165, 1.54) is 0 Å². The minimum atomic E-state index is -3.25. The Morgan fingerprint density at radius 2 is 2.12 bits per heavy atom. The fourth-order valence-electron chi connectivity index (χ4n) is 2.05. The van der Waals surface area contributed by atoms with E-state index in [1.54, 1.807) is 4.31 Å². The van der Waals surface area contributed by atoms with Gasteiger partial charge in [-0.05, 0) is 38.3 Å². The molecule has 0 saturated carbocycles. The molecular weight excluding hydrogens is 238 g/mol. The van der Waals surface area contributed by atoms with Crippen molar-refractivity contribution >= 4 is 10.2 Å². The number of hydrogen-bond donors (Lipinski definition) is 2. The highest BCUT2D eigenvalue weighted by atomic mass is 32.2. The summed E-state index contributed by atoms with van der Waals surface area (Å²) in [6, 6.07) is 0. The highest BCUT2D eigenvalue weighted by molar-refractivity contribution is 7.87. The maximum absolute atomic E-state index is 12.0. The Kier molecular flexibility index (Phi) is 6.40. The fourth-order valence-corrected chi connectivity index (χ4v) is 3.45. The van der Waals surface area contributed by atoms with Gasteiger partial charge in [0.15, 0.2) is 0 Å². The van der Waals surface area contributed by atoms with Gasteiger partial charge >= 0.3 is 0 Å². The summed E-state index contributed by atoms with van der Waals surface area (Å²) in [5, 5.41) is 3.17. The van der Waals surface area contributed by atoms with Crippen LogP contribution in [0.15, 0.2) is 0 Å². The molecule has 0 aromatic carbocycles. The molecule has 1 aliphatic rings. The van der Waals surface area contributed by atoms with Crippen molar-refractivity contribution in [3.8, 4) is 0 Å². The molecule has 0 aliphatic carbocycles. The van der Waals surface area contributed by atoms with E-state index in [2.05, 4.69) is 17.0 Å². The van der Waals surface area contributed by atoms with Crippen molar-refractivity contribution in [2.24, 2.45) is 5.92 Å². The fraction of sp³-hybridized carbons (Fsp3) is 1.00. The van der Waals surface area contributed by atoms with Crippen LogP contribution in [0.25, 0.3) is 0 Å². The number of nitrogens with one attached hydrogen (secondary N) is 2. The second-order valence-electron chi connectivity index (χ2n) is 4.71. The number of rotatable bonds is 7. The summed E-state index contributed by atoms with van der Waals surface area (Å²) in [7, 11) is -3.25. The van der Waals surface area contributed by atoms with Gasteiger partial charge in [-0.25, -0.2) is 4.72 Å². The summed E-state index contributed by atoms with van der Waals surface area (Å²) in [5.41, 5.74) is 0. The van der Waals surface area contributed by atoms with Gasteiger partial charge in [0, 0.05) is 19.6 Å². The summed E-state index contributed by atoms with van der Waals surface area (Å²) in [4.78, 5) is 0. The summed E-state index contributed by atoms with van der Waals surface area (Å²) in [6.45, 7) is 7.76. The largest absolute Gasteiger partial charge is 0.317 e. The van der Waals surface area contributed by atoms with Crippen LogP contribution >= 0.6 is 0 Å². The third-order valence-electron chi connectivity index (χ3n) is 3.02. The van der Waals surface area contributed by atoms with E-state index in [0.717, 1.165) is 32.4 Å². The molecule has 1 unspecified atom stereocenters. The lowest BCUT2D eigenvalue weighted by molar-refractivity contribution is 0.278. The van der Waals surface area contributed by atoms with E-state index in [-0.39, 0.29) is 0 Å². The zero-order valence-electron chi connectivity index (χ0n) is 10.9. The van der Waals surface area contributed by atoms with Crippen LogP contribution in [0.1, 0.15) is 33.1 Å². The normalized spacial score (nSPS) is 22.8. The molecule has 5 nitrogen and oxygen atoms in total. The van der Waals surface area contributed by atoms with Crippen molar-refractivity contribution in [3.63, 3.8) is 0 Å². The Hall–Kier alpha value is -0.170. The number of hydrogen-bond acceptors (Lipinski definition) is 3. The summed E-state index contributed by atoms with van der Waals surface area (Å²) < 4.78 is 28.2. The predicted molar refractivity (Wildman–Crippen MR) is 70.1 cm³/mol. The maximum atomic E-state index is 12.0. The second-order valence-corrected chi connectivity index (χ2v) is 6.47. The van der Waals surface area contributed by atoms with E-state index in [0.29, 0.717) is 25.6 Å². The van der Waals surface area contributed by atoms with Crippen LogP contribution in [-0.2, 0) is 10.2 Å². The van der Waals surface area contributed by atoms with Gasteiger partial charge in [-0.2, -0.15) is 12.7 Å². The van der Waals surface area contributed by atoms with Crippen LogP contribution in [0.4, 0.5) is 0 Å². The van der Waals surface area contributed by atoms with Gasteiger partial charge in [-0.1, -0.05) is 13.8 Å². The van der Waals surface area contributed by atoms with E-state index >= 15 is 0 Å². The van der Waals surface area contributed by atoms with Crippen molar-refractivity contribution in [1.82, 2.24) is 14.3 Å². The molecular formula is C11H25N3O2S. The first-order valence-electron chi connectivity index (χ1n) is 6.51. The Labute approximate surface area is 105 Å². The summed E-state index contributed by atoms with van der Waals surface area (Å²) in [5.74, 6) is 0.474. The molecule has 1 heterocycles. The Morgan fingerprint density at radius 3 is 2.76 bits per heavy atom.